The molecule has 0 radical (unpaired) electrons. The lowest BCUT2D eigenvalue weighted by atomic mass is 9.68. The number of benzene rings is 2. The summed E-state index contributed by atoms with van der Waals surface area (Å²) < 4.78 is 0. The fourth-order valence-corrected chi connectivity index (χ4v) is 9.91. The minimum absolute atomic E-state index is 0.0251. The number of H-pyrrole nitrogens is 1. The molecule has 2 bridgehead atoms. The summed E-state index contributed by atoms with van der Waals surface area (Å²) in [6.07, 6.45) is 0.890. The van der Waals surface area contributed by atoms with Crippen LogP contribution in [0.2, 0.25) is 5.02 Å². The predicted octanol–water partition coefficient (Wildman–Crippen LogP) is 4.77. The van der Waals surface area contributed by atoms with Gasteiger partial charge in [-0.05, 0) is 54.0 Å². The lowest BCUT2D eigenvalue weighted by Gasteiger charge is -2.43. The third-order valence-corrected chi connectivity index (χ3v) is 10.8. The summed E-state index contributed by atoms with van der Waals surface area (Å²) in [5.74, 6) is -0.192. The fourth-order valence-electron chi connectivity index (χ4n) is 6.89. The summed E-state index contributed by atoms with van der Waals surface area (Å²) in [5, 5.41) is 1.79. The van der Waals surface area contributed by atoms with Gasteiger partial charge in [0.1, 0.15) is 0 Å². The van der Waals surface area contributed by atoms with E-state index < -0.39 is 0 Å². The van der Waals surface area contributed by atoms with Crippen LogP contribution in [-0.2, 0) is 9.59 Å². The zero-order valence-electron chi connectivity index (χ0n) is 17.3. The molecule has 1 aromatic heterocycles. The van der Waals surface area contributed by atoms with Crippen LogP contribution >= 0.6 is 34.7 Å². The predicted molar refractivity (Wildman–Crippen MR) is 129 cm³/mol. The van der Waals surface area contributed by atoms with Crippen molar-refractivity contribution in [1.29, 1.82) is 0 Å². The van der Waals surface area contributed by atoms with Crippen molar-refractivity contribution >= 4 is 52.2 Å². The highest BCUT2D eigenvalue weighted by Gasteiger charge is 2.69. The molecule has 166 valence electrons. The van der Waals surface area contributed by atoms with E-state index >= 15 is 0 Å². The van der Waals surface area contributed by atoms with E-state index in [1.54, 1.807) is 11.8 Å². The van der Waals surface area contributed by atoms with Crippen molar-refractivity contribution in [2.75, 3.05) is 4.90 Å². The smallest absolute Gasteiger partial charge is 0.305 e. The Kier molecular flexibility index (Phi) is 4.30. The van der Waals surface area contributed by atoms with Crippen LogP contribution in [0.15, 0.2) is 64.4 Å². The molecule has 3 heterocycles. The van der Waals surface area contributed by atoms with Crippen LogP contribution in [0, 0.1) is 29.6 Å². The number of thioether (sulfide) groups is 1. The zero-order valence-corrected chi connectivity index (χ0v) is 19.7. The second-order valence-corrected chi connectivity index (χ2v) is 12.0. The molecule has 2 saturated carbocycles. The SMILES string of the molecule is O=C1[C@@H]2[C@H]3C[C@H]([C@H]4Sc5[nH]c(=O)sc5[C@@H](c5ccc(Cl)cc5)[C@H]34)[C@@H]2C(=O)N1c1ccccc1. The van der Waals surface area contributed by atoms with Crippen molar-refractivity contribution in [3.05, 3.63) is 79.7 Å². The van der Waals surface area contributed by atoms with Crippen molar-refractivity contribution in [3.63, 3.8) is 0 Å². The molecule has 1 saturated heterocycles. The summed E-state index contributed by atoms with van der Waals surface area (Å²) in [4.78, 5) is 44.9. The summed E-state index contributed by atoms with van der Waals surface area (Å²) in [5.41, 5.74) is 1.78. The van der Waals surface area contributed by atoms with Gasteiger partial charge in [-0.15, -0.1) is 11.8 Å². The van der Waals surface area contributed by atoms with Gasteiger partial charge in [-0.1, -0.05) is 53.3 Å². The highest BCUT2D eigenvalue weighted by atomic mass is 35.5. The van der Waals surface area contributed by atoms with Crippen molar-refractivity contribution in [2.24, 2.45) is 29.6 Å². The van der Waals surface area contributed by atoms with E-state index in [0.717, 1.165) is 21.9 Å². The van der Waals surface area contributed by atoms with E-state index in [1.807, 2.05) is 54.6 Å². The topological polar surface area (TPSA) is 70.2 Å². The molecule has 5 nitrogen and oxygen atoms in total. The first-order valence-corrected chi connectivity index (χ1v) is 13.2. The number of hydrogen-bond donors (Lipinski definition) is 1. The van der Waals surface area contributed by atoms with Gasteiger partial charge in [0.05, 0.1) is 22.5 Å². The Morgan fingerprint density at radius 3 is 2.33 bits per heavy atom. The number of amides is 2. The Bertz CT molecular complexity index is 1350. The highest BCUT2D eigenvalue weighted by molar-refractivity contribution is 8.00. The number of rotatable bonds is 2. The number of aromatic nitrogens is 1. The summed E-state index contributed by atoms with van der Waals surface area (Å²) in [6, 6.07) is 17.1. The maximum Gasteiger partial charge on any atom is 0.305 e. The van der Waals surface area contributed by atoms with Gasteiger partial charge in [0.25, 0.3) is 0 Å². The van der Waals surface area contributed by atoms with Crippen molar-refractivity contribution in [1.82, 2.24) is 4.98 Å². The number of aromatic amines is 1. The first-order chi connectivity index (χ1) is 16.0. The largest absolute Gasteiger partial charge is 0.307 e. The third kappa shape index (κ3) is 2.70. The summed E-state index contributed by atoms with van der Waals surface area (Å²) in [6.45, 7) is 0. The maximum atomic E-state index is 13.6. The van der Waals surface area contributed by atoms with E-state index in [2.05, 4.69) is 4.98 Å². The van der Waals surface area contributed by atoms with Crippen LogP contribution in [-0.4, -0.2) is 22.0 Å². The first kappa shape index (κ1) is 20.1. The third-order valence-electron chi connectivity index (χ3n) is 7.97. The number of anilines is 1. The number of hydrogen-bond acceptors (Lipinski definition) is 5. The van der Waals surface area contributed by atoms with E-state index in [0.29, 0.717) is 10.7 Å². The van der Waals surface area contributed by atoms with Crippen molar-refractivity contribution in [2.45, 2.75) is 22.6 Å². The molecule has 2 amide bonds. The van der Waals surface area contributed by atoms with Gasteiger partial charge in [-0.25, -0.2) is 0 Å². The maximum absolute atomic E-state index is 13.6. The Balaban J connectivity index is 1.34. The molecule has 33 heavy (non-hydrogen) atoms. The van der Waals surface area contributed by atoms with Gasteiger partial charge in [-0.3, -0.25) is 19.3 Å². The van der Waals surface area contributed by atoms with Gasteiger partial charge in [0.2, 0.25) is 11.8 Å². The summed E-state index contributed by atoms with van der Waals surface area (Å²) >= 11 is 9.15. The lowest BCUT2D eigenvalue weighted by Crippen LogP contribution is -2.42. The average molecular weight is 495 g/mol. The molecule has 2 aromatic carbocycles. The number of fused-ring (bicyclic) bond motifs is 9. The normalized spacial score (nSPS) is 33.8. The van der Waals surface area contributed by atoms with Crippen LogP contribution in [0.3, 0.4) is 0 Å². The molecule has 3 aromatic rings. The number of para-hydroxylation sites is 1. The van der Waals surface area contributed by atoms with Gasteiger partial charge >= 0.3 is 4.87 Å². The van der Waals surface area contributed by atoms with E-state index in [9.17, 15) is 14.4 Å². The zero-order chi connectivity index (χ0) is 22.4. The van der Waals surface area contributed by atoms with Crippen molar-refractivity contribution in [3.8, 4) is 0 Å². The van der Waals surface area contributed by atoms with Crippen LogP contribution in [0.5, 0.6) is 0 Å². The van der Waals surface area contributed by atoms with E-state index in [1.165, 1.54) is 16.2 Å². The Morgan fingerprint density at radius 2 is 1.61 bits per heavy atom. The number of nitrogens with zero attached hydrogens (tertiary/aromatic N) is 1. The molecule has 7 atom stereocenters. The molecule has 2 aliphatic carbocycles. The van der Waals surface area contributed by atoms with Crippen LogP contribution in [0.4, 0.5) is 5.69 Å². The minimum Gasteiger partial charge on any atom is -0.307 e. The van der Waals surface area contributed by atoms with Gasteiger partial charge in [-0.2, -0.15) is 0 Å². The molecule has 0 unspecified atom stereocenters. The molecule has 0 spiro atoms. The fraction of sp³-hybridized carbons (Fsp3) is 0.320. The molecule has 2 aliphatic heterocycles. The molecular formula is C25H19ClN2O3S2. The number of carbonyl (C=O) groups excluding carboxylic acids is 2. The lowest BCUT2D eigenvalue weighted by molar-refractivity contribution is -0.123. The number of halogens is 1. The van der Waals surface area contributed by atoms with Crippen LogP contribution in [0.25, 0.3) is 0 Å². The number of thiazole rings is 1. The summed E-state index contributed by atoms with van der Waals surface area (Å²) in [7, 11) is 0. The first-order valence-electron chi connectivity index (χ1n) is 11.1. The Labute approximate surface area is 203 Å². The quantitative estimate of drug-likeness (QED) is 0.521. The van der Waals surface area contributed by atoms with E-state index in [4.69, 9.17) is 11.6 Å². The molecule has 3 fully saturated rings. The second kappa shape index (κ2) is 7.08. The second-order valence-electron chi connectivity index (χ2n) is 9.36. The molecule has 7 rings (SSSR count). The molecule has 8 heteroatoms. The minimum atomic E-state index is -0.281. The van der Waals surface area contributed by atoms with E-state index in [-0.39, 0.29) is 57.4 Å². The Hall–Kier alpha value is -2.35. The van der Waals surface area contributed by atoms with Gasteiger partial charge in [0.15, 0.2) is 0 Å². The highest BCUT2D eigenvalue weighted by Crippen LogP contribution is 2.68. The molecular weight excluding hydrogens is 476 g/mol. The number of imide groups is 1. The standard InChI is InChI=1S/C25H19ClN2O3S2/c26-12-8-6-11(7-9-12)16-17-14-10-15(20(17)32-22-21(16)33-25(31)27-22)19-18(14)23(29)28(24(19)30)13-4-2-1-3-5-13/h1-9,14-20H,10H2,(H,27,31)/t14-,15-,16-,17-,18+,19-,20+/m0/s1. The average Bonchev–Trinajstić information content (AvgIpc) is 3.54. The van der Waals surface area contributed by atoms with Gasteiger partial charge in [0, 0.05) is 21.1 Å². The van der Waals surface area contributed by atoms with Gasteiger partial charge < -0.3 is 4.98 Å². The Morgan fingerprint density at radius 1 is 0.909 bits per heavy atom. The molecule has 1 N–H and O–H groups in total. The van der Waals surface area contributed by atoms with Crippen molar-refractivity contribution < 1.29 is 9.59 Å². The monoisotopic (exact) mass is 494 g/mol. The number of nitrogens with one attached hydrogen (secondary N) is 1. The van der Waals surface area contributed by atoms with Crippen LogP contribution in [0.1, 0.15) is 22.8 Å². The number of carbonyl (C=O) groups is 2. The van der Waals surface area contributed by atoms with Crippen LogP contribution < -0.4 is 9.77 Å². The molecule has 4 aliphatic rings.